The van der Waals surface area contributed by atoms with Crippen LogP contribution in [-0.2, 0) is 6.54 Å². The summed E-state index contributed by atoms with van der Waals surface area (Å²) >= 11 is 6.34. The molecular formula is C26H23ClF2N4O. The summed E-state index contributed by atoms with van der Waals surface area (Å²) in [6, 6.07) is 12.1. The number of benzene rings is 2. The number of fused-ring (bicyclic) bond motifs is 1. The van der Waals surface area contributed by atoms with E-state index >= 15 is 0 Å². The van der Waals surface area contributed by atoms with E-state index in [0.717, 1.165) is 41.7 Å². The molecule has 1 aliphatic carbocycles. The third kappa shape index (κ3) is 4.16. The van der Waals surface area contributed by atoms with Crippen LogP contribution in [0, 0.1) is 17.6 Å². The molecular weight excluding hydrogens is 458 g/mol. The molecule has 2 aromatic carbocycles. The second-order valence-corrected chi connectivity index (χ2v) is 8.94. The van der Waals surface area contributed by atoms with Crippen molar-refractivity contribution in [2.24, 2.45) is 11.0 Å². The van der Waals surface area contributed by atoms with Gasteiger partial charge in [0, 0.05) is 18.7 Å². The Kier molecular flexibility index (Phi) is 6.04. The maximum atomic E-state index is 13.7. The molecule has 2 heterocycles. The number of aromatic nitrogens is 2. The minimum absolute atomic E-state index is 0.0538. The van der Waals surface area contributed by atoms with E-state index in [1.807, 2.05) is 13.0 Å². The fourth-order valence-electron chi connectivity index (χ4n) is 4.73. The molecule has 0 bridgehead atoms. The van der Waals surface area contributed by atoms with Crippen LogP contribution in [0.5, 0.6) is 0 Å². The zero-order valence-electron chi connectivity index (χ0n) is 18.6. The Bertz CT molecular complexity index is 1280. The lowest BCUT2D eigenvalue weighted by molar-refractivity contribution is 0.0674. The summed E-state index contributed by atoms with van der Waals surface area (Å²) in [5.41, 5.74) is 3.64. The summed E-state index contributed by atoms with van der Waals surface area (Å²) in [7, 11) is 0. The number of amides is 1. The molecule has 2 aliphatic rings. The summed E-state index contributed by atoms with van der Waals surface area (Å²) in [5, 5.41) is 10.9. The predicted molar refractivity (Wildman–Crippen MR) is 127 cm³/mol. The monoisotopic (exact) mass is 480 g/mol. The van der Waals surface area contributed by atoms with E-state index in [0.29, 0.717) is 6.54 Å². The molecule has 0 saturated heterocycles. The molecule has 2 atom stereocenters. The van der Waals surface area contributed by atoms with Crippen LogP contribution >= 0.6 is 11.6 Å². The highest BCUT2D eigenvalue weighted by Crippen LogP contribution is 2.45. The number of carbonyl (C=O) groups excluding carboxylic acids is 1. The Balaban J connectivity index is 1.58. The highest BCUT2D eigenvalue weighted by Gasteiger charge is 2.44. The Hall–Kier alpha value is -3.32. The van der Waals surface area contributed by atoms with Gasteiger partial charge in [0.15, 0.2) is 5.69 Å². The highest BCUT2D eigenvalue weighted by molar-refractivity contribution is 6.33. The molecule has 174 valence electrons. The lowest BCUT2D eigenvalue weighted by atomic mass is 9.77. The molecule has 34 heavy (non-hydrogen) atoms. The van der Waals surface area contributed by atoms with Gasteiger partial charge in [0.2, 0.25) is 0 Å². The summed E-state index contributed by atoms with van der Waals surface area (Å²) < 4.78 is 28.7. The fraction of sp³-hybridized carbons (Fsp3) is 0.269. The molecule has 5 nitrogen and oxygen atoms in total. The molecule has 0 radical (unpaired) electrons. The third-order valence-electron chi connectivity index (χ3n) is 6.38. The first kappa shape index (κ1) is 22.5. The largest absolute Gasteiger partial charge is 0.296 e. The van der Waals surface area contributed by atoms with Crippen LogP contribution in [0.25, 0.3) is 6.08 Å². The minimum Gasteiger partial charge on any atom is -0.271 e. The number of hydrogen-bond donors (Lipinski definition) is 0. The Morgan fingerprint density at radius 2 is 1.79 bits per heavy atom. The van der Waals surface area contributed by atoms with Gasteiger partial charge in [0.05, 0.1) is 16.8 Å². The van der Waals surface area contributed by atoms with Gasteiger partial charge in [0.25, 0.3) is 5.91 Å². The van der Waals surface area contributed by atoms with E-state index in [9.17, 15) is 13.6 Å². The first-order valence-electron chi connectivity index (χ1n) is 11.3. The van der Waals surface area contributed by atoms with Gasteiger partial charge in [-0.25, -0.2) is 13.8 Å². The van der Waals surface area contributed by atoms with Crippen LogP contribution in [0.2, 0.25) is 5.02 Å². The lowest BCUT2D eigenvalue weighted by Gasteiger charge is -2.29. The van der Waals surface area contributed by atoms with Gasteiger partial charge in [-0.05, 0) is 73.2 Å². The van der Waals surface area contributed by atoms with Crippen LogP contribution in [0.3, 0.4) is 0 Å². The van der Waals surface area contributed by atoms with E-state index in [2.05, 4.69) is 5.10 Å². The number of carbonyl (C=O) groups is 1. The standard InChI is InChI=1S/C26H23ClF2N4O/c1-2-32-15-22(27)24(30-32)26(34)33-25(17-8-12-20(29)13-9-17)21-5-3-4-18(23(21)31-33)14-16-6-10-19(28)11-7-16/h6-15,21,25H,2-5H2,1H3/b18-14-. The second-order valence-electron chi connectivity index (χ2n) is 8.53. The van der Waals surface area contributed by atoms with Crippen molar-refractivity contribution in [2.75, 3.05) is 0 Å². The molecule has 1 aromatic heterocycles. The van der Waals surface area contributed by atoms with Crippen molar-refractivity contribution in [3.8, 4) is 0 Å². The number of halogens is 3. The van der Waals surface area contributed by atoms with Gasteiger partial charge >= 0.3 is 0 Å². The average molecular weight is 481 g/mol. The molecule has 8 heteroatoms. The molecule has 5 rings (SSSR count). The number of hydrogen-bond acceptors (Lipinski definition) is 3. The van der Waals surface area contributed by atoms with Crippen molar-refractivity contribution in [3.05, 3.63) is 93.8 Å². The number of nitrogens with zero attached hydrogens (tertiary/aromatic N) is 4. The number of rotatable bonds is 4. The molecule has 1 aliphatic heterocycles. The van der Waals surface area contributed by atoms with Gasteiger partial charge in [-0.1, -0.05) is 35.9 Å². The summed E-state index contributed by atoms with van der Waals surface area (Å²) in [6.07, 6.45) is 6.18. The Morgan fingerprint density at radius 1 is 1.12 bits per heavy atom. The van der Waals surface area contributed by atoms with Crippen molar-refractivity contribution in [1.82, 2.24) is 14.8 Å². The molecule has 1 fully saturated rings. The average Bonchev–Trinajstić information content (AvgIpc) is 3.42. The van der Waals surface area contributed by atoms with Crippen molar-refractivity contribution >= 4 is 29.3 Å². The maximum absolute atomic E-state index is 13.7. The summed E-state index contributed by atoms with van der Waals surface area (Å²) in [6.45, 7) is 2.49. The molecule has 0 N–H and O–H groups in total. The van der Waals surface area contributed by atoms with Crippen LogP contribution in [-0.4, -0.2) is 26.4 Å². The highest BCUT2D eigenvalue weighted by atomic mass is 35.5. The lowest BCUT2D eigenvalue weighted by Crippen LogP contribution is -2.32. The molecule has 1 amide bonds. The SMILES string of the molecule is CCn1cc(Cl)c(C(=O)N2N=C3/C(=C\c4ccc(F)cc4)CCCC3C2c2ccc(F)cc2)n1. The quantitative estimate of drug-likeness (QED) is 0.441. The Labute approximate surface area is 201 Å². The second kappa shape index (κ2) is 9.14. The van der Waals surface area contributed by atoms with Crippen molar-refractivity contribution < 1.29 is 13.6 Å². The van der Waals surface area contributed by atoms with Gasteiger partial charge in [-0.3, -0.25) is 9.48 Å². The first-order valence-corrected chi connectivity index (χ1v) is 11.7. The van der Waals surface area contributed by atoms with E-state index < -0.39 is 11.9 Å². The number of aryl methyl sites for hydroxylation is 1. The normalized spacial score (nSPS) is 21.0. The van der Waals surface area contributed by atoms with E-state index in [1.165, 1.54) is 29.3 Å². The zero-order valence-corrected chi connectivity index (χ0v) is 19.3. The van der Waals surface area contributed by atoms with Gasteiger partial charge in [0.1, 0.15) is 11.6 Å². The van der Waals surface area contributed by atoms with E-state index in [-0.39, 0.29) is 28.3 Å². The van der Waals surface area contributed by atoms with Crippen molar-refractivity contribution in [1.29, 1.82) is 0 Å². The maximum Gasteiger partial charge on any atom is 0.296 e. The summed E-state index contributed by atoms with van der Waals surface area (Å²) in [5.74, 6) is -1.08. The van der Waals surface area contributed by atoms with Gasteiger partial charge in [-0.2, -0.15) is 10.2 Å². The molecule has 0 spiro atoms. The number of allylic oxidation sites excluding steroid dienone is 1. The fourth-order valence-corrected chi connectivity index (χ4v) is 4.97. The molecule has 1 saturated carbocycles. The molecule has 3 aromatic rings. The summed E-state index contributed by atoms with van der Waals surface area (Å²) in [4.78, 5) is 13.6. The van der Waals surface area contributed by atoms with Crippen LogP contribution in [0.1, 0.15) is 53.8 Å². The van der Waals surface area contributed by atoms with E-state index in [4.69, 9.17) is 16.7 Å². The first-order chi connectivity index (χ1) is 16.4. The van der Waals surface area contributed by atoms with Crippen molar-refractivity contribution in [2.45, 2.75) is 38.8 Å². The van der Waals surface area contributed by atoms with Crippen molar-refractivity contribution in [3.63, 3.8) is 0 Å². The number of hydrazone groups is 1. The molecule has 2 unspecified atom stereocenters. The van der Waals surface area contributed by atoms with Crippen LogP contribution in [0.15, 0.2) is 65.4 Å². The van der Waals surface area contributed by atoms with E-state index in [1.54, 1.807) is 35.1 Å². The Morgan fingerprint density at radius 3 is 2.44 bits per heavy atom. The predicted octanol–water partition coefficient (Wildman–Crippen LogP) is 6.27. The van der Waals surface area contributed by atoms with Gasteiger partial charge < -0.3 is 0 Å². The smallest absolute Gasteiger partial charge is 0.271 e. The zero-order chi connectivity index (χ0) is 23.8. The minimum atomic E-state index is -0.400. The van der Waals surface area contributed by atoms with Crippen LogP contribution in [0.4, 0.5) is 8.78 Å². The third-order valence-corrected chi connectivity index (χ3v) is 6.65. The van der Waals surface area contributed by atoms with Gasteiger partial charge in [-0.15, -0.1) is 0 Å². The topological polar surface area (TPSA) is 50.5 Å². The van der Waals surface area contributed by atoms with Crippen LogP contribution < -0.4 is 0 Å².